The minimum absolute atomic E-state index is 0.351. The number of nitrogens with one attached hydrogen (secondary N) is 3. The van der Waals surface area contributed by atoms with Gasteiger partial charge in [0, 0.05) is 53.9 Å². The Morgan fingerprint density at radius 3 is 2.74 bits per heavy atom. The van der Waals surface area contributed by atoms with Crippen LogP contribution in [-0.4, -0.2) is 50.7 Å². The van der Waals surface area contributed by atoms with E-state index in [1.165, 1.54) is 10.9 Å². The number of hydrogen-bond donors (Lipinski definition) is 3. The van der Waals surface area contributed by atoms with E-state index in [2.05, 4.69) is 79.0 Å². The molecule has 210 valence electrons. The van der Waals surface area contributed by atoms with E-state index >= 15 is 0 Å². The third kappa shape index (κ3) is 5.50. The number of anilines is 1. The Morgan fingerprint density at radius 2 is 1.88 bits per heavy atom. The first-order valence-electron chi connectivity index (χ1n) is 14.1. The number of imide groups is 1. The monoisotopic (exact) mass is 575 g/mol. The number of nitrogens with zero attached hydrogens (tertiary/aromatic N) is 4. The van der Waals surface area contributed by atoms with Crippen molar-refractivity contribution in [3.63, 3.8) is 0 Å². The number of aromatic nitrogens is 4. The highest BCUT2D eigenvalue weighted by Crippen LogP contribution is 2.29. The zero-order valence-electron chi connectivity index (χ0n) is 22.8. The summed E-state index contributed by atoms with van der Waals surface area (Å²) in [6.45, 7) is 3.38. The maximum absolute atomic E-state index is 11.9. The van der Waals surface area contributed by atoms with Crippen molar-refractivity contribution in [3.05, 3.63) is 89.2 Å². The molecule has 0 saturated carbocycles. The predicted molar refractivity (Wildman–Crippen MR) is 167 cm³/mol. The highest BCUT2D eigenvalue weighted by Gasteiger charge is 2.26. The van der Waals surface area contributed by atoms with E-state index in [1.54, 1.807) is 18.3 Å². The molecule has 7 rings (SSSR count). The van der Waals surface area contributed by atoms with Crippen LogP contribution in [0.2, 0.25) is 0 Å². The summed E-state index contributed by atoms with van der Waals surface area (Å²) < 4.78 is 0. The van der Waals surface area contributed by atoms with Crippen LogP contribution < -0.4 is 15.5 Å². The number of thioether (sulfide) groups is 1. The molecule has 2 aliphatic heterocycles. The van der Waals surface area contributed by atoms with Crippen molar-refractivity contribution in [3.8, 4) is 11.3 Å². The molecule has 5 aromatic rings. The second kappa shape index (κ2) is 11.4. The van der Waals surface area contributed by atoms with Crippen LogP contribution in [0.15, 0.2) is 78.0 Å². The van der Waals surface area contributed by atoms with E-state index in [1.807, 2.05) is 12.3 Å². The SMILES string of the molecule is O=C1NC(=O)C(=Cc2ccnc(N3CCC(CNCc4cc5ccccc5nc4-c4ccc5[nH]ccc5c4)CC3)n2)S1. The zero-order valence-corrected chi connectivity index (χ0v) is 23.7. The molecule has 3 N–H and O–H groups in total. The molecule has 0 aliphatic carbocycles. The van der Waals surface area contributed by atoms with E-state index in [4.69, 9.17) is 4.98 Å². The Morgan fingerprint density at radius 1 is 1.00 bits per heavy atom. The van der Waals surface area contributed by atoms with Crippen molar-refractivity contribution in [2.24, 2.45) is 5.92 Å². The average molecular weight is 576 g/mol. The lowest BCUT2D eigenvalue weighted by atomic mass is 9.96. The third-order valence-corrected chi connectivity index (χ3v) is 8.67. The van der Waals surface area contributed by atoms with Gasteiger partial charge in [-0.15, -0.1) is 0 Å². The standard InChI is InChI=1S/C32H29N7O2S/c40-30-28(42-32(41)38-30)17-25-8-12-35-31(36-25)39-13-9-20(10-14-39)18-33-19-24-16-21-3-1-2-4-27(21)37-29(24)23-5-6-26-22(15-23)7-11-34-26/h1-8,11-12,15-17,20,33-34H,9-10,13-14,18-19H2,(H,38,40,41). The van der Waals surface area contributed by atoms with Crippen LogP contribution in [0, 0.1) is 5.92 Å². The highest BCUT2D eigenvalue weighted by molar-refractivity contribution is 8.18. The van der Waals surface area contributed by atoms with Gasteiger partial charge in [-0.2, -0.15) is 0 Å². The van der Waals surface area contributed by atoms with Gasteiger partial charge < -0.3 is 15.2 Å². The van der Waals surface area contributed by atoms with Crippen LogP contribution in [0.3, 0.4) is 0 Å². The molecule has 5 heterocycles. The molecule has 3 aromatic heterocycles. The Kier molecular flexibility index (Phi) is 7.15. The number of fused-ring (bicyclic) bond motifs is 2. The summed E-state index contributed by atoms with van der Waals surface area (Å²) in [6, 6.07) is 20.9. The average Bonchev–Trinajstić information content (AvgIpc) is 3.61. The molecule has 0 atom stereocenters. The molecule has 0 bridgehead atoms. The number of carbonyl (C=O) groups is 2. The second-order valence-corrected chi connectivity index (χ2v) is 11.7. The van der Waals surface area contributed by atoms with Crippen molar-refractivity contribution >= 4 is 56.7 Å². The van der Waals surface area contributed by atoms with Crippen LogP contribution in [0.5, 0.6) is 0 Å². The van der Waals surface area contributed by atoms with Crippen molar-refractivity contribution in [1.29, 1.82) is 0 Å². The van der Waals surface area contributed by atoms with Crippen LogP contribution in [0.4, 0.5) is 10.7 Å². The van der Waals surface area contributed by atoms with Gasteiger partial charge in [0.1, 0.15) is 0 Å². The lowest BCUT2D eigenvalue weighted by Crippen LogP contribution is -2.38. The second-order valence-electron chi connectivity index (χ2n) is 10.7. The van der Waals surface area contributed by atoms with Gasteiger partial charge in [0.05, 0.1) is 21.8 Å². The number of benzene rings is 2. The van der Waals surface area contributed by atoms with Gasteiger partial charge in [-0.1, -0.05) is 24.3 Å². The Bertz CT molecular complexity index is 1840. The molecule has 2 amide bonds. The number of aromatic amines is 1. The van der Waals surface area contributed by atoms with Gasteiger partial charge in [0.2, 0.25) is 5.95 Å². The molecule has 2 aromatic carbocycles. The van der Waals surface area contributed by atoms with Crippen molar-refractivity contribution in [2.75, 3.05) is 24.5 Å². The molecule has 2 aliphatic rings. The van der Waals surface area contributed by atoms with Gasteiger partial charge in [-0.25, -0.2) is 15.0 Å². The summed E-state index contributed by atoms with van der Waals surface area (Å²) in [5, 5.41) is 7.96. The Hall–Kier alpha value is -4.54. The first kappa shape index (κ1) is 26.4. The zero-order chi connectivity index (χ0) is 28.5. The van der Waals surface area contributed by atoms with Gasteiger partial charge in [-0.3, -0.25) is 14.9 Å². The van der Waals surface area contributed by atoms with E-state index in [9.17, 15) is 9.59 Å². The minimum Gasteiger partial charge on any atom is -0.361 e. The maximum atomic E-state index is 11.9. The summed E-state index contributed by atoms with van der Waals surface area (Å²) in [6.07, 6.45) is 7.36. The van der Waals surface area contributed by atoms with Crippen LogP contribution >= 0.6 is 11.8 Å². The molecule has 9 nitrogen and oxygen atoms in total. The molecule has 10 heteroatoms. The number of H-pyrrole nitrogens is 1. The van der Waals surface area contributed by atoms with Crippen LogP contribution in [0.25, 0.3) is 39.1 Å². The van der Waals surface area contributed by atoms with E-state index in [-0.39, 0.29) is 11.1 Å². The number of hydrogen-bond acceptors (Lipinski definition) is 8. The molecule has 0 spiro atoms. The summed E-state index contributed by atoms with van der Waals surface area (Å²) >= 11 is 0.892. The number of amides is 2. The van der Waals surface area contributed by atoms with Gasteiger partial charge in [0.15, 0.2) is 0 Å². The number of carbonyl (C=O) groups excluding carboxylic acids is 2. The first-order chi connectivity index (χ1) is 20.6. The van der Waals surface area contributed by atoms with Gasteiger partial charge in [-0.05, 0) is 85.1 Å². The number of para-hydroxylation sites is 1. The fraction of sp³-hybridized carbons (Fsp3) is 0.219. The first-order valence-corrected chi connectivity index (χ1v) is 14.9. The van der Waals surface area contributed by atoms with Crippen molar-refractivity contribution in [1.82, 2.24) is 30.6 Å². The smallest absolute Gasteiger partial charge is 0.290 e. The highest BCUT2D eigenvalue weighted by atomic mass is 32.2. The van der Waals surface area contributed by atoms with Gasteiger partial charge >= 0.3 is 0 Å². The van der Waals surface area contributed by atoms with Crippen molar-refractivity contribution < 1.29 is 9.59 Å². The Balaban J connectivity index is 1.00. The fourth-order valence-electron chi connectivity index (χ4n) is 5.64. The largest absolute Gasteiger partial charge is 0.361 e. The molecule has 2 saturated heterocycles. The molecule has 0 radical (unpaired) electrons. The molecular weight excluding hydrogens is 546 g/mol. The fourth-order valence-corrected chi connectivity index (χ4v) is 6.31. The summed E-state index contributed by atoms with van der Waals surface area (Å²) in [5.74, 6) is 0.813. The number of piperidine rings is 1. The number of pyridine rings is 1. The molecular formula is C32H29N7O2S. The minimum atomic E-state index is -0.383. The van der Waals surface area contributed by atoms with E-state index in [0.717, 1.165) is 78.5 Å². The topological polar surface area (TPSA) is 116 Å². The summed E-state index contributed by atoms with van der Waals surface area (Å²) in [7, 11) is 0. The third-order valence-electron chi connectivity index (χ3n) is 7.86. The lowest BCUT2D eigenvalue weighted by Gasteiger charge is -2.32. The van der Waals surface area contributed by atoms with Crippen molar-refractivity contribution in [2.45, 2.75) is 19.4 Å². The van der Waals surface area contributed by atoms with Crippen LogP contribution in [-0.2, 0) is 11.3 Å². The molecule has 0 unspecified atom stereocenters. The Labute approximate surface area is 246 Å². The normalized spacial score (nSPS) is 17.0. The van der Waals surface area contributed by atoms with E-state index in [0.29, 0.717) is 22.5 Å². The van der Waals surface area contributed by atoms with Crippen LogP contribution in [0.1, 0.15) is 24.1 Å². The van der Waals surface area contributed by atoms with E-state index < -0.39 is 0 Å². The predicted octanol–water partition coefficient (Wildman–Crippen LogP) is 5.50. The molecule has 2 fully saturated rings. The quantitative estimate of drug-likeness (QED) is 0.218. The van der Waals surface area contributed by atoms with Gasteiger partial charge in [0.25, 0.3) is 11.1 Å². The lowest BCUT2D eigenvalue weighted by molar-refractivity contribution is -0.115. The molecule has 42 heavy (non-hydrogen) atoms. The summed E-state index contributed by atoms with van der Waals surface area (Å²) in [5.41, 5.74) is 6.07. The summed E-state index contributed by atoms with van der Waals surface area (Å²) in [4.78, 5) is 43.3. The maximum Gasteiger partial charge on any atom is 0.290 e. The number of rotatable bonds is 7.